The van der Waals surface area contributed by atoms with Gasteiger partial charge in [0.05, 0.1) is 12.0 Å². The fraction of sp³-hybridized carbons (Fsp3) is 0.136. The summed E-state index contributed by atoms with van der Waals surface area (Å²) >= 11 is 0. The van der Waals surface area contributed by atoms with Crippen molar-refractivity contribution in [1.29, 1.82) is 0 Å². The third kappa shape index (κ3) is 3.55. The molecule has 3 aromatic carbocycles. The third-order valence-electron chi connectivity index (χ3n) is 5.05. The molecule has 0 aromatic heterocycles. The number of anilines is 1. The van der Waals surface area contributed by atoms with E-state index in [9.17, 15) is 13.2 Å². The van der Waals surface area contributed by atoms with Gasteiger partial charge >= 0.3 is 0 Å². The van der Waals surface area contributed by atoms with Crippen LogP contribution < -0.4 is 5.32 Å². The third-order valence-corrected chi connectivity index (χ3v) is 6.72. The number of hydrogen-bond acceptors (Lipinski definition) is 4. The number of amides is 1. The van der Waals surface area contributed by atoms with Crippen molar-refractivity contribution in [1.82, 2.24) is 4.47 Å². The summed E-state index contributed by atoms with van der Waals surface area (Å²) in [5.74, 6) is -0.381. The number of carbonyl (C=O) groups is 1. The van der Waals surface area contributed by atoms with Crippen molar-refractivity contribution in [2.45, 2.75) is 11.3 Å². The number of rotatable bonds is 5. The zero-order valence-electron chi connectivity index (χ0n) is 16.0. The van der Waals surface area contributed by atoms with Gasteiger partial charge in [-0.3, -0.25) is 9.63 Å². The number of nitrogens with one attached hydrogen (secondary N) is 1. The Morgan fingerprint density at radius 1 is 0.966 bits per heavy atom. The minimum atomic E-state index is -3.83. The molecule has 3 aromatic rings. The zero-order valence-corrected chi connectivity index (χ0v) is 16.9. The quantitative estimate of drug-likeness (QED) is 0.511. The van der Waals surface area contributed by atoms with Crippen molar-refractivity contribution < 1.29 is 18.0 Å². The second kappa shape index (κ2) is 7.44. The predicted octanol–water partition coefficient (Wildman–Crippen LogP) is 3.69. The summed E-state index contributed by atoms with van der Waals surface area (Å²) in [4.78, 5) is 17.5. The monoisotopic (exact) mass is 408 g/mol. The maximum absolute atomic E-state index is 12.7. The molecule has 0 bridgehead atoms. The van der Waals surface area contributed by atoms with Crippen molar-refractivity contribution in [2.75, 3.05) is 19.5 Å². The highest BCUT2D eigenvalue weighted by Crippen LogP contribution is 2.37. The lowest BCUT2D eigenvalue weighted by molar-refractivity contribution is -0.0258. The van der Waals surface area contributed by atoms with Crippen LogP contribution in [0.4, 0.5) is 5.69 Å². The van der Waals surface area contributed by atoms with E-state index in [0.29, 0.717) is 5.69 Å². The van der Waals surface area contributed by atoms with Gasteiger partial charge < -0.3 is 5.32 Å². The summed E-state index contributed by atoms with van der Waals surface area (Å²) in [5, 5.41) is 2.86. The Kier molecular flexibility index (Phi) is 4.96. The van der Waals surface area contributed by atoms with Crippen LogP contribution in [-0.2, 0) is 21.3 Å². The topological polar surface area (TPSA) is 75.7 Å². The molecular weight excluding hydrogens is 388 g/mol. The molecule has 4 rings (SSSR count). The first-order valence-corrected chi connectivity index (χ1v) is 10.5. The fourth-order valence-electron chi connectivity index (χ4n) is 3.45. The van der Waals surface area contributed by atoms with E-state index in [1.165, 1.54) is 49.0 Å². The van der Waals surface area contributed by atoms with Gasteiger partial charge in [0, 0.05) is 18.3 Å². The first kappa shape index (κ1) is 19.3. The molecular formula is C22H20N2O4S. The van der Waals surface area contributed by atoms with Gasteiger partial charge in [-0.25, -0.2) is 8.42 Å². The Balaban J connectivity index is 1.60. The maximum Gasteiger partial charge on any atom is 0.264 e. The molecule has 148 valence electrons. The van der Waals surface area contributed by atoms with Crippen LogP contribution >= 0.6 is 0 Å². The van der Waals surface area contributed by atoms with Crippen molar-refractivity contribution in [2.24, 2.45) is 0 Å². The first-order valence-electron chi connectivity index (χ1n) is 9.06. The average molecular weight is 408 g/mol. The van der Waals surface area contributed by atoms with Crippen LogP contribution in [0.1, 0.15) is 21.5 Å². The Morgan fingerprint density at radius 2 is 1.72 bits per heavy atom. The summed E-state index contributed by atoms with van der Waals surface area (Å²) < 4.78 is 25.6. The molecule has 0 fully saturated rings. The molecule has 1 N–H and O–H groups in total. The van der Waals surface area contributed by atoms with E-state index in [4.69, 9.17) is 4.84 Å². The largest absolute Gasteiger partial charge is 0.322 e. The molecule has 0 heterocycles. The fourth-order valence-corrected chi connectivity index (χ4v) is 4.47. The van der Waals surface area contributed by atoms with Crippen molar-refractivity contribution in [3.05, 3.63) is 83.4 Å². The van der Waals surface area contributed by atoms with Gasteiger partial charge in [-0.05, 0) is 59.0 Å². The lowest BCUT2D eigenvalue weighted by Crippen LogP contribution is -2.26. The lowest BCUT2D eigenvalue weighted by atomic mass is 10.1. The predicted molar refractivity (Wildman–Crippen MR) is 111 cm³/mol. The number of carbonyl (C=O) groups excluding carboxylic acids is 1. The minimum Gasteiger partial charge on any atom is -0.322 e. The number of fused-ring (bicyclic) bond motifs is 3. The van der Waals surface area contributed by atoms with Gasteiger partial charge in [0.1, 0.15) is 0 Å². The first-order chi connectivity index (χ1) is 13.9. The Bertz CT molecular complexity index is 1200. The standard InChI is InChI=1S/C22H20N2O4S/c1-24(28-2)29(26,27)19-8-5-7-17(13-19)22(25)23-18-11-10-16-12-15-6-3-4-9-20(15)21(16)14-18/h3-11,13-14H,12H2,1-2H3,(H,23,25). The molecule has 0 saturated carbocycles. The highest BCUT2D eigenvalue weighted by Gasteiger charge is 2.22. The van der Waals surface area contributed by atoms with E-state index in [1.54, 1.807) is 6.07 Å². The zero-order chi connectivity index (χ0) is 20.6. The molecule has 0 atom stereocenters. The van der Waals surface area contributed by atoms with Crippen LogP contribution in [0.15, 0.2) is 71.6 Å². The van der Waals surface area contributed by atoms with Gasteiger partial charge in [0.25, 0.3) is 15.9 Å². The summed E-state index contributed by atoms with van der Waals surface area (Å²) in [5.41, 5.74) is 5.68. The van der Waals surface area contributed by atoms with Crippen LogP contribution in [-0.4, -0.2) is 33.0 Å². The van der Waals surface area contributed by atoms with E-state index in [0.717, 1.165) is 16.5 Å². The Hall–Kier alpha value is -3.00. The van der Waals surface area contributed by atoms with E-state index < -0.39 is 10.0 Å². The normalized spacial score (nSPS) is 12.5. The van der Waals surface area contributed by atoms with E-state index in [1.807, 2.05) is 30.3 Å². The molecule has 0 aliphatic heterocycles. The number of nitrogens with zero attached hydrogens (tertiary/aromatic N) is 1. The number of hydrogen-bond donors (Lipinski definition) is 1. The SMILES string of the molecule is CON(C)S(=O)(=O)c1cccc(C(=O)Nc2ccc3c(c2)-c2ccccc2C3)c1. The molecule has 1 aliphatic rings. The van der Waals surface area contributed by atoms with Gasteiger partial charge in [-0.1, -0.05) is 40.9 Å². The highest BCUT2D eigenvalue weighted by molar-refractivity contribution is 7.89. The van der Waals surface area contributed by atoms with E-state index in [2.05, 4.69) is 17.4 Å². The number of benzene rings is 3. The van der Waals surface area contributed by atoms with Gasteiger partial charge in [0.15, 0.2) is 0 Å². The summed E-state index contributed by atoms with van der Waals surface area (Å²) in [7, 11) is -1.27. The molecule has 7 heteroatoms. The second-order valence-electron chi connectivity index (χ2n) is 6.79. The smallest absolute Gasteiger partial charge is 0.264 e. The highest BCUT2D eigenvalue weighted by atomic mass is 32.2. The second-order valence-corrected chi connectivity index (χ2v) is 8.72. The molecule has 0 saturated heterocycles. The molecule has 6 nitrogen and oxygen atoms in total. The summed E-state index contributed by atoms with van der Waals surface area (Å²) in [6, 6.07) is 19.9. The van der Waals surface area contributed by atoms with Crippen molar-refractivity contribution in [3.8, 4) is 11.1 Å². The molecule has 0 radical (unpaired) electrons. The van der Waals surface area contributed by atoms with Gasteiger partial charge in [0.2, 0.25) is 0 Å². The molecule has 1 aliphatic carbocycles. The van der Waals surface area contributed by atoms with Crippen LogP contribution in [0.5, 0.6) is 0 Å². The molecule has 1 amide bonds. The molecule has 0 spiro atoms. The lowest BCUT2D eigenvalue weighted by Gasteiger charge is -2.14. The molecule has 0 unspecified atom stereocenters. The Labute approximate surface area is 169 Å². The van der Waals surface area contributed by atoms with Gasteiger partial charge in [-0.15, -0.1) is 0 Å². The van der Waals surface area contributed by atoms with Crippen molar-refractivity contribution >= 4 is 21.6 Å². The summed E-state index contributed by atoms with van der Waals surface area (Å²) in [6.45, 7) is 0. The number of hydroxylamine groups is 1. The molecule has 29 heavy (non-hydrogen) atoms. The van der Waals surface area contributed by atoms with Crippen LogP contribution in [0, 0.1) is 0 Å². The Morgan fingerprint density at radius 3 is 2.52 bits per heavy atom. The van der Waals surface area contributed by atoms with Gasteiger partial charge in [-0.2, -0.15) is 0 Å². The van der Waals surface area contributed by atoms with Crippen LogP contribution in [0.3, 0.4) is 0 Å². The van der Waals surface area contributed by atoms with Crippen molar-refractivity contribution in [3.63, 3.8) is 0 Å². The number of sulfonamides is 1. The van der Waals surface area contributed by atoms with E-state index >= 15 is 0 Å². The average Bonchev–Trinajstić information content (AvgIpc) is 3.11. The van der Waals surface area contributed by atoms with Crippen LogP contribution in [0.25, 0.3) is 11.1 Å². The maximum atomic E-state index is 12.7. The van der Waals surface area contributed by atoms with Crippen LogP contribution in [0.2, 0.25) is 0 Å². The summed E-state index contributed by atoms with van der Waals surface area (Å²) in [6.07, 6.45) is 0.882. The minimum absolute atomic E-state index is 0.0163. The van der Waals surface area contributed by atoms with E-state index in [-0.39, 0.29) is 16.4 Å².